The van der Waals surface area contributed by atoms with Crippen molar-refractivity contribution >= 4 is 51.7 Å². The number of ether oxygens (including phenoxy) is 2. The number of carbonyl (C=O) groups excluding carboxylic acids is 3. The lowest BCUT2D eigenvalue weighted by Crippen LogP contribution is -2.20. The van der Waals surface area contributed by atoms with Crippen molar-refractivity contribution in [2.45, 2.75) is 73.6 Å². The zero-order valence-electron chi connectivity index (χ0n) is 29.7. The SMILES string of the molecule is CCn1nc(C)cc1C(=O)Nc1nc2cc(C)ccc2n1CCCCn1c(NC(=O)c2cc(C)nn2CC)nc2c(OCC(=O)OC)cccc21. The van der Waals surface area contributed by atoms with Gasteiger partial charge in [-0.15, -0.1) is 0 Å². The quantitative estimate of drug-likeness (QED) is 0.114. The number of para-hydroxylation sites is 1. The van der Waals surface area contributed by atoms with Crippen LogP contribution in [0.4, 0.5) is 11.9 Å². The van der Waals surface area contributed by atoms with Gasteiger partial charge in [0.2, 0.25) is 11.9 Å². The number of aryl methyl sites for hydroxylation is 7. The molecule has 0 saturated carbocycles. The average molecular weight is 695 g/mol. The predicted molar refractivity (Wildman–Crippen MR) is 192 cm³/mol. The number of unbranched alkanes of at least 4 members (excludes halogenated alkanes) is 1. The first-order valence-corrected chi connectivity index (χ1v) is 17.0. The Bertz CT molecular complexity index is 2240. The topological polar surface area (TPSA) is 165 Å². The van der Waals surface area contributed by atoms with Crippen LogP contribution in [0.25, 0.3) is 22.1 Å². The molecule has 2 aromatic carbocycles. The van der Waals surface area contributed by atoms with Gasteiger partial charge in [0, 0.05) is 26.2 Å². The smallest absolute Gasteiger partial charge is 0.343 e. The standard InChI is InChI=1S/C36H42N10O5/c1-7-45-28(19-23(4)41-45)33(48)39-35-37-25-18-22(3)14-15-26(25)43(35)16-9-10-17-44-27-12-11-13-30(51-21-31(47)50-6)32(27)38-36(44)40-34(49)29-20-24(5)42-46(29)8-2/h11-15,18-20H,7-10,16-17,21H2,1-6H3,(H,37,39,48)(H,38,40,49). The number of rotatable bonds is 14. The van der Waals surface area contributed by atoms with Gasteiger partial charge in [0.15, 0.2) is 6.61 Å². The van der Waals surface area contributed by atoms with Crippen molar-refractivity contribution in [1.29, 1.82) is 0 Å². The van der Waals surface area contributed by atoms with Crippen LogP contribution < -0.4 is 15.4 Å². The van der Waals surface area contributed by atoms with Crippen LogP contribution >= 0.6 is 0 Å². The molecule has 0 fully saturated rings. The number of nitrogens with zero attached hydrogens (tertiary/aromatic N) is 8. The molecule has 2 N–H and O–H groups in total. The first-order chi connectivity index (χ1) is 24.6. The summed E-state index contributed by atoms with van der Waals surface area (Å²) in [7, 11) is 1.30. The van der Waals surface area contributed by atoms with Crippen molar-refractivity contribution in [3.63, 3.8) is 0 Å². The maximum atomic E-state index is 13.5. The van der Waals surface area contributed by atoms with Crippen molar-refractivity contribution in [1.82, 2.24) is 38.7 Å². The molecule has 0 atom stereocenters. The number of esters is 1. The van der Waals surface area contributed by atoms with Crippen molar-refractivity contribution < 1.29 is 23.9 Å². The number of hydrogen-bond donors (Lipinski definition) is 2. The lowest BCUT2D eigenvalue weighted by Gasteiger charge is -2.13. The minimum atomic E-state index is -0.521. The van der Waals surface area contributed by atoms with Gasteiger partial charge in [-0.3, -0.25) is 29.6 Å². The van der Waals surface area contributed by atoms with Gasteiger partial charge in [-0.2, -0.15) is 10.2 Å². The van der Waals surface area contributed by atoms with E-state index in [1.54, 1.807) is 27.6 Å². The lowest BCUT2D eigenvalue weighted by atomic mass is 10.2. The van der Waals surface area contributed by atoms with E-state index in [9.17, 15) is 14.4 Å². The highest BCUT2D eigenvalue weighted by molar-refractivity contribution is 6.04. The molecule has 4 aromatic heterocycles. The van der Waals surface area contributed by atoms with Crippen molar-refractivity contribution in [3.8, 4) is 5.75 Å². The monoisotopic (exact) mass is 694 g/mol. The summed E-state index contributed by atoms with van der Waals surface area (Å²) in [4.78, 5) is 48.3. The molecule has 0 aliphatic carbocycles. The van der Waals surface area contributed by atoms with Crippen LogP contribution in [-0.2, 0) is 35.7 Å². The Labute approximate surface area is 294 Å². The third-order valence-corrected chi connectivity index (χ3v) is 8.55. The Balaban J connectivity index is 1.26. The molecule has 0 aliphatic rings. The van der Waals surface area contributed by atoms with Gasteiger partial charge < -0.3 is 18.6 Å². The zero-order chi connectivity index (χ0) is 36.2. The summed E-state index contributed by atoms with van der Waals surface area (Å²) >= 11 is 0. The van der Waals surface area contributed by atoms with Gasteiger partial charge in [-0.25, -0.2) is 14.8 Å². The second kappa shape index (κ2) is 14.9. The Morgan fingerprint density at radius 3 is 1.92 bits per heavy atom. The summed E-state index contributed by atoms with van der Waals surface area (Å²) in [6, 6.07) is 15.0. The van der Waals surface area contributed by atoms with Crippen molar-refractivity contribution in [2.75, 3.05) is 24.4 Å². The van der Waals surface area contributed by atoms with Crippen LogP contribution in [-0.4, -0.2) is 70.2 Å². The third-order valence-electron chi connectivity index (χ3n) is 8.55. The highest BCUT2D eigenvalue weighted by Crippen LogP contribution is 2.30. The van der Waals surface area contributed by atoms with Gasteiger partial charge in [-0.1, -0.05) is 12.1 Å². The van der Waals surface area contributed by atoms with Gasteiger partial charge in [0.05, 0.1) is 35.0 Å². The van der Waals surface area contributed by atoms with E-state index in [2.05, 4.69) is 20.8 Å². The predicted octanol–water partition coefficient (Wildman–Crippen LogP) is 5.28. The number of amides is 2. The number of anilines is 2. The molecule has 0 aliphatic heterocycles. The maximum absolute atomic E-state index is 13.5. The molecule has 15 heteroatoms. The van der Waals surface area contributed by atoms with Gasteiger partial charge >= 0.3 is 5.97 Å². The van der Waals surface area contributed by atoms with Crippen molar-refractivity contribution in [3.05, 3.63) is 76.9 Å². The minimum Gasteiger partial charge on any atom is -0.480 e. The van der Waals surface area contributed by atoms with Crippen LogP contribution in [0.2, 0.25) is 0 Å². The summed E-state index contributed by atoms with van der Waals surface area (Å²) in [6.07, 6.45) is 1.40. The van der Waals surface area contributed by atoms with E-state index < -0.39 is 5.97 Å². The highest BCUT2D eigenvalue weighted by Gasteiger charge is 2.21. The summed E-state index contributed by atoms with van der Waals surface area (Å²) in [5.41, 5.74) is 6.39. The van der Waals surface area contributed by atoms with Crippen LogP contribution in [0.5, 0.6) is 5.75 Å². The number of benzene rings is 2. The van der Waals surface area contributed by atoms with E-state index in [4.69, 9.17) is 19.4 Å². The fourth-order valence-electron chi connectivity index (χ4n) is 6.13. The number of methoxy groups -OCH3 is 1. The van der Waals surface area contributed by atoms with E-state index in [1.165, 1.54) is 7.11 Å². The first-order valence-electron chi connectivity index (χ1n) is 17.0. The van der Waals surface area contributed by atoms with E-state index in [0.717, 1.165) is 33.5 Å². The number of nitrogens with one attached hydrogen (secondary N) is 2. The molecule has 0 spiro atoms. The summed E-state index contributed by atoms with van der Waals surface area (Å²) in [6.45, 7) is 11.5. The molecule has 0 unspecified atom stereocenters. The molecule has 51 heavy (non-hydrogen) atoms. The second-order valence-electron chi connectivity index (χ2n) is 12.2. The number of imidazole rings is 2. The number of aromatic nitrogens is 8. The van der Waals surface area contributed by atoms with E-state index >= 15 is 0 Å². The number of fused-ring (bicyclic) bond motifs is 2. The Kier molecular flexibility index (Phi) is 10.2. The van der Waals surface area contributed by atoms with Crippen LogP contribution in [0.1, 0.15) is 64.6 Å². The van der Waals surface area contributed by atoms with E-state index in [0.29, 0.717) is 73.6 Å². The molecule has 6 rings (SSSR count). The molecule has 4 heterocycles. The number of hydrogen-bond acceptors (Lipinski definition) is 9. The Morgan fingerprint density at radius 1 is 0.745 bits per heavy atom. The average Bonchev–Trinajstić information content (AvgIpc) is 3.87. The largest absolute Gasteiger partial charge is 0.480 e. The molecule has 0 bridgehead atoms. The zero-order valence-corrected chi connectivity index (χ0v) is 29.7. The molecule has 6 aromatic rings. The first kappa shape index (κ1) is 34.9. The van der Waals surface area contributed by atoms with E-state index in [-0.39, 0.29) is 18.4 Å². The highest BCUT2D eigenvalue weighted by atomic mass is 16.6. The van der Waals surface area contributed by atoms with E-state index in [1.807, 2.05) is 74.1 Å². The van der Waals surface area contributed by atoms with Crippen LogP contribution in [0.3, 0.4) is 0 Å². The fraction of sp³-hybridized carbons (Fsp3) is 0.361. The molecular formula is C36H42N10O5. The van der Waals surface area contributed by atoms with Crippen LogP contribution in [0, 0.1) is 20.8 Å². The molecule has 2 amide bonds. The van der Waals surface area contributed by atoms with Crippen LogP contribution in [0.15, 0.2) is 48.5 Å². The molecule has 0 radical (unpaired) electrons. The number of carbonyl (C=O) groups is 3. The molecular weight excluding hydrogens is 652 g/mol. The molecule has 266 valence electrons. The van der Waals surface area contributed by atoms with Gasteiger partial charge in [-0.05, 0) is 89.4 Å². The summed E-state index contributed by atoms with van der Waals surface area (Å²) < 4.78 is 17.8. The lowest BCUT2D eigenvalue weighted by molar-refractivity contribution is -0.142. The maximum Gasteiger partial charge on any atom is 0.343 e. The second-order valence-corrected chi connectivity index (χ2v) is 12.2. The molecule has 15 nitrogen and oxygen atoms in total. The summed E-state index contributed by atoms with van der Waals surface area (Å²) in [5.74, 6) is 0.0455. The van der Waals surface area contributed by atoms with Gasteiger partial charge in [0.25, 0.3) is 11.8 Å². The Morgan fingerprint density at radius 2 is 1.33 bits per heavy atom. The normalized spacial score (nSPS) is 11.3. The minimum absolute atomic E-state index is 0.277. The summed E-state index contributed by atoms with van der Waals surface area (Å²) in [5, 5.41) is 14.8. The van der Waals surface area contributed by atoms with Crippen molar-refractivity contribution in [2.24, 2.45) is 0 Å². The Hall–Kier alpha value is -5.99. The molecule has 0 saturated heterocycles. The van der Waals surface area contributed by atoms with Gasteiger partial charge in [0.1, 0.15) is 22.7 Å². The fourth-order valence-corrected chi connectivity index (χ4v) is 6.13. The third kappa shape index (κ3) is 7.32.